The summed E-state index contributed by atoms with van der Waals surface area (Å²) in [4.78, 5) is 15.5. The van der Waals surface area contributed by atoms with Crippen LogP contribution in [-0.4, -0.2) is 27.6 Å². The van der Waals surface area contributed by atoms with Crippen molar-refractivity contribution in [1.82, 2.24) is 14.7 Å². The van der Waals surface area contributed by atoms with E-state index in [1.54, 1.807) is 0 Å². The van der Waals surface area contributed by atoms with Crippen molar-refractivity contribution in [3.8, 4) is 0 Å². The first-order valence-corrected chi connectivity index (χ1v) is 10.4. The first kappa shape index (κ1) is 17.6. The van der Waals surface area contributed by atoms with E-state index in [-0.39, 0.29) is 5.41 Å². The Hall–Kier alpha value is -0.840. The summed E-state index contributed by atoms with van der Waals surface area (Å²) >= 11 is 3.60. The lowest BCUT2D eigenvalue weighted by molar-refractivity contribution is -0.178. The number of rotatable bonds is 4. The van der Waals surface area contributed by atoms with Gasteiger partial charge in [-0.1, -0.05) is 13.8 Å². The molecule has 0 spiro atoms. The molecular weight excluding hydrogens is 378 g/mol. The van der Waals surface area contributed by atoms with Gasteiger partial charge in [-0.25, -0.2) is 0 Å². The normalized spacial score (nSPS) is 39.0. The average molecular weight is 408 g/mol. The molecule has 0 aliphatic heterocycles. The minimum absolute atomic E-state index is 0.128. The van der Waals surface area contributed by atoms with Crippen molar-refractivity contribution < 1.29 is 4.79 Å². The fourth-order valence-corrected chi connectivity index (χ4v) is 7.53. The van der Waals surface area contributed by atoms with Gasteiger partial charge in [0, 0.05) is 19.8 Å². The molecule has 2 unspecified atom stereocenters. The Balaban J connectivity index is 1.56. The Morgan fingerprint density at radius 2 is 1.92 bits per heavy atom. The molecule has 138 valence electrons. The largest absolute Gasteiger partial charge is 0.339 e. The summed E-state index contributed by atoms with van der Waals surface area (Å²) in [5, 5.41) is 4.60. The van der Waals surface area contributed by atoms with Crippen LogP contribution in [0.4, 0.5) is 0 Å². The Morgan fingerprint density at radius 3 is 2.44 bits per heavy atom. The second-order valence-corrected chi connectivity index (χ2v) is 10.7. The SMILES string of the molecule is CCn1cc(Br)c(CN(C)C(=O)C23CC4C[C@@](C)(C2)C[C@](C)(C4)C3)n1. The fraction of sp³-hybridized carbons (Fsp3) is 0.800. The first-order chi connectivity index (χ1) is 11.7. The molecule has 0 saturated heterocycles. The zero-order valence-corrected chi connectivity index (χ0v) is 17.5. The van der Waals surface area contributed by atoms with Crippen LogP contribution in [0.25, 0.3) is 0 Å². The number of aryl methyl sites for hydroxylation is 1. The van der Waals surface area contributed by atoms with Gasteiger partial charge in [0.2, 0.25) is 5.91 Å². The number of nitrogens with zero attached hydrogens (tertiary/aromatic N) is 3. The summed E-state index contributed by atoms with van der Waals surface area (Å²) in [5.74, 6) is 1.10. The molecule has 1 aromatic heterocycles. The van der Waals surface area contributed by atoms with Gasteiger partial charge in [-0.2, -0.15) is 5.10 Å². The lowest BCUT2D eigenvalue weighted by atomic mass is 9.40. The monoisotopic (exact) mass is 407 g/mol. The molecule has 5 rings (SSSR count). The predicted octanol–water partition coefficient (Wildman–Crippen LogP) is 4.62. The topological polar surface area (TPSA) is 38.1 Å². The summed E-state index contributed by atoms with van der Waals surface area (Å²) in [6.07, 6.45) is 9.23. The van der Waals surface area contributed by atoms with Gasteiger partial charge < -0.3 is 4.90 Å². The van der Waals surface area contributed by atoms with E-state index in [1.165, 1.54) is 19.3 Å². The molecule has 1 aromatic rings. The van der Waals surface area contributed by atoms with Gasteiger partial charge in [-0.3, -0.25) is 9.48 Å². The Bertz CT molecular complexity index is 694. The van der Waals surface area contributed by atoms with Gasteiger partial charge in [0.05, 0.1) is 22.1 Å². The number of amides is 1. The highest BCUT2D eigenvalue weighted by molar-refractivity contribution is 9.10. The minimum Gasteiger partial charge on any atom is -0.339 e. The molecule has 4 aliphatic carbocycles. The Morgan fingerprint density at radius 1 is 1.28 bits per heavy atom. The number of carbonyl (C=O) groups excluding carboxylic acids is 1. The van der Waals surface area contributed by atoms with Crippen LogP contribution in [0, 0.1) is 22.2 Å². The summed E-state index contributed by atoms with van der Waals surface area (Å²) in [7, 11) is 1.96. The predicted molar refractivity (Wildman–Crippen MR) is 102 cm³/mol. The highest BCUT2D eigenvalue weighted by Crippen LogP contribution is 2.69. The molecule has 1 amide bonds. The molecule has 0 aromatic carbocycles. The maximum atomic E-state index is 13.5. The highest BCUT2D eigenvalue weighted by atomic mass is 79.9. The maximum Gasteiger partial charge on any atom is 0.228 e. The number of hydrogen-bond acceptors (Lipinski definition) is 2. The third kappa shape index (κ3) is 2.87. The van der Waals surface area contributed by atoms with Gasteiger partial charge in [-0.05, 0) is 78.1 Å². The van der Waals surface area contributed by atoms with E-state index in [2.05, 4.69) is 41.8 Å². The Labute approximate surface area is 159 Å². The van der Waals surface area contributed by atoms with Crippen LogP contribution in [0.1, 0.15) is 65.0 Å². The van der Waals surface area contributed by atoms with Crippen molar-refractivity contribution in [2.24, 2.45) is 22.2 Å². The molecular formula is C20H30BrN3O. The highest BCUT2D eigenvalue weighted by Gasteiger charge is 2.63. The lowest BCUT2D eigenvalue weighted by Crippen LogP contribution is -2.59. The summed E-state index contributed by atoms with van der Waals surface area (Å²) in [5.41, 5.74) is 1.57. The van der Waals surface area contributed by atoms with E-state index >= 15 is 0 Å². The van der Waals surface area contributed by atoms with Crippen molar-refractivity contribution in [2.45, 2.75) is 72.4 Å². The fourth-order valence-electron chi connectivity index (χ4n) is 7.09. The van der Waals surface area contributed by atoms with Gasteiger partial charge in [0.15, 0.2) is 0 Å². The van der Waals surface area contributed by atoms with Gasteiger partial charge in [-0.15, -0.1) is 0 Å². The van der Waals surface area contributed by atoms with Gasteiger partial charge in [0.1, 0.15) is 0 Å². The Kier molecular flexibility index (Phi) is 3.92. The molecule has 0 N–H and O–H groups in total. The molecule has 4 bridgehead atoms. The maximum absolute atomic E-state index is 13.5. The number of halogens is 1. The first-order valence-electron chi connectivity index (χ1n) is 9.63. The molecule has 4 aliphatic rings. The van der Waals surface area contributed by atoms with Crippen molar-refractivity contribution in [2.75, 3.05) is 7.05 Å². The number of carbonyl (C=O) groups is 1. The van der Waals surface area contributed by atoms with Crippen LogP contribution in [0.2, 0.25) is 0 Å². The van der Waals surface area contributed by atoms with Crippen molar-refractivity contribution in [3.63, 3.8) is 0 Å². The van der Waals surface area contributed by atoms with E-state index in [1.807, 2.05) is 22.8 Å². The average Bonchev–Trinajstić information content (AvgIpc) is 2.83. The van der Waals surface area contributed by atoms with E-state index in [0.717, 1.165) is 41.9 Å². The van der Waals surface area contributed by atoms with E-state index in [4.69, 9.17) is 0 Å². The van der Waals surface area contributed by atoms with Crippen LogP contribution in [-0.2, 0) is 17.9 Å². The van der Waals surface area contributed by atoms with Crippen molar-refractivity contribution >= 4 is 21.8 Å². The summed E-state index contributed by atoms with van der Waals surface area (Å²) in [6.45, 7) is 8.37. The second kappa shape index (κ2) is 5.58. The van der Waals surface area contributed by atoms with E-state index < -0.39 is 0 Å². The standard InChI is InChI=1S/C20H30BrN3O/c1-5-24-9-15(21)16(22-24)10-23(4)17(25)20-8-14-6-18(2,12-20)11-19(3,7-14)13-20/h9,14H,5-8,10-13H2,1-4H3/t14?,18-,19+,20?. The molecule has 0 radical (unpaired) electrons. The van der Waals surface area contributed by atoms with Crippen molar-refractivity contribution in [1.29, 1.82) is 0 Å². The number of hydrogen-bond donors (Lipinski definition) is 0. The van der Waals surface area contributed by atoms with Crippen LogP contribution >= 0.6 is 15.9 Å². The molecule has 4 nitrogen and oxygen atoms in total. The zero-order valence-electron chi connectivity index (χ0n) is 15.9. The quantitative estimate of drug-likeness (QED) is 0.729. The van der Waals surface area contributed by atoms with Crippen LogP contribution in [0.15, 0.2) is 10.7 Å². The molecule has 4 fully saturated rings. The van der Waals surface area contributed by atoms with Crippen LogP contribution < -0.4 is 0 Å². The molecule has 25 heavy (non-hydrogen) atoms. The summed E-state index contributed by atoms with van der Waals surface area (Å²) in [6, 6.07) is 0. The van der Waals surface area contributed by atoms with E-state index in [0.29, 0.717) is 23.3 Å². The van der Waals surface area contributed by atoms with Gasteiger partial charge in [0.25, 0.3) is 0 Å². The van der Waals surface area contributed by atoms with Crippen molar-refractivity contribution in [3.05, 3.63) is 16.4 Å². The van der Waals surface area contributed by atoms with Crippen LogP contribution in [0.3, 0.4) is 0 Å². The molecule has 1 heterocycles. The zero-order chi connectivity index (χ0) is 18.0. The van der Waals surface area contributed by atoms with Crippen LogP contribution in [0.5, 0.6) is 0 Å². The molecule has 4 saturated carbocycles. The molecule has 4 atom stereocenters. The third-order valence-corrected chi connectivity index (χ3v) is 7.59. The van der Waals surface area contributed by atoms with E-state index in [9.17, 15) is 4.79 Å². The summed E-state index contributed by atoms with van der Waals surface area (Å²) < 4.78 is 2.92. The number of aromatic nitrogens is 2. The smallest absolute Gasteiger partial charge is 0.228 e. The van der Waals surface area contributed by atoms with Gasteiger partial charge >= 0.3 is 0 Å². The molecule has 5 heteroatoms. The third-order valence-electron chi connectivity index (χ3n) is 6.92. The second-order valence-electron chi connectivity index (χ2n) is 9.85. The lowest BCUT2D eigenvalue weighted by Gasteiger charge is -2.65. The minimum atomic E-state index is -0.128.